The number of hydrogen-bond acceptors (Lipinski definition) is 6. The summed E-state index contributed by atoms with van der Waals surface area (Å²) in [5.74, 6) is -0.919. The zero-order valence-corrected chi connectivity index (χ0v) is 11.9. The zero-order valence-electron chi connectivity index (χ0n) is 10.2. The fourth-order valence-electron chi connectivity index (χ4n) is 2.16. The molecule has 8 heteroatoms. The number of aliphatic carboxylic acids is 1. The molecule has 0 aromatic carbocycles. The first-order valence-electron chi connectivity index (χ1n) is 5.85. The van der Waals surface area contributed by atoms with Gasteiger partial charge in [0.15, 0.2) is 0 Å². The van der Waals surface area contributed by atoms with E-state index in [-0.39, 0.29) is 17.0 Å². The van der Waals surface area contributed by atoms with Crippen molar-refractivity contribution in [2.45, 2.75) is 11.4 Å². The van der Waals surface area contributed by atoms with Gasteiger partial charge in [0.05, 0.1) is 5.69 Å². The summed E-state index contributed by atoms with van der Waals surface area (Å²) in [4.78, 5) is 24.4. The minimum atomic E-state index is -1.10. The Labute approximate surface area is 123 Å². The number of fused-ring (bicyclic) bond motifs is 1. The largest absolute Gasteiger partial charge is 0.477 e. The van der Waals surface area contributed by atoms with E-state index in [1.807, 2.05) is 11.4 Å². The number of carbonyl (C=O) groups is 2. The minimum absolute atomic E-state index is 0.0342. The van der Waals surface area contributed by atoms with E-state index in [0.717, 1.165) is 5.69 Å². The lowest BCUT2D eigenvalue weighted by Gasteiger charge is -2.47. The van der Waals surface area contributed by atoms with Crippen LogP contribution >= 0.6 is 23.3 Å². The van der Waals surface area contributed by atoms with Crippen LogP contribution < -0.4 is 5.73 Å². The molecular formula is C12H11N3O3S2. The van der Waals surface area contributed by atoms with Crippen LogP contribution in [0.1, 0.15) is 5.69 Å². The van der Waals surface area contributed by atoms with E-state index >= 15 is 0 Å². The van der Waals surface area contributed by atoms with Gasteiger partial charge in [-0.1, -0.05) is 6.08 Å². The van der Waals surface area contributed by atoms with Gasteiger partial charge in [-0.05, 0) is 29.2 Å². The molecule has 3 heterocycles. The SMILES string of the molecule is N[C@@H]1C(=O)N2C(C(=O)O)=C(C=Cc3ccsn3)CS[C@@H]12. The molecule has 0 saturated carbocycles. The number of thioether (sulfide) groups is 1. The normalized spacial score (nSPS) is 25.9. The molecule has 0 aliphatic carbocycles. The molecule has 3 N–H and O–H groups in total. The highest BCUT2D eigenvalue weighted by atomic mass is 32.2. The van der Waals surface area contributed by atoms with Crippen molar-refractivity contribution in [2.75, 3.05) is 5.75 Å². The van der Waals surface area contributed by atoms with Crippen LogP contribution in [0.3, 0.4) is 0 Å². The van der Waals surface area contributed by atoms with Crippen LogP contribution in [0.2, 0.25) is 0 Å². The number of aromatic nitrogens is 1. The van der Waals surface area contributed by atoms with Crippen molar-refractivity contribution in [1.29, 1.82) is 0 Å². The molecule has 2 atom stereocenters. The third-order valence-corrected chi connectivity index (χ3v) is 5.05. The Hall–Kier alpha value is -1.64. The number of nitrogens with zero attached hydrogens (tertiary/aromatic N) is 2. The first kappa shape index (κ1) is 13.3. The third kappa shape index (κ3) is 2.05. The van der Waals surface area contributed by atoms with E-state index in [9.17, 15) is 14.7 Å². The number of rotatable bonds is 3. The number of nitrogens with two attached hydrogens (primary N) is 1. The van der Waals surface area contributed by atoms with Crippen molar-refractivity contribution in [2.24, 2.45) is 5.73 Å². The number of amides is 1. The Kier molecular flexibility index (Phi) is 3.36. The predicted molar refractivity (Wildman–Crippen MR) is 76.9 cm³/mol. The molecule has 1 amide bonds. The van der Waals surface area contributed by atoms with Crippen molar-refractivity contribution in [3.63, 3.8) is 0 Å². The summed E-state index contributed by atoms with van der Waals surface area (Å²) in [6.45, 7) is 0. The molecule has 0 bridgehead atoms. The van der Waals surface area contributed by atoms with Crippen LogP contribution in [-0.2, 0) is 9.59 Å². The van der Waals surface area contributed by atoms with Gasteiger partial charge in [-0.3, -0.25) is 9.69 Å². The van der Waals surface area contributed by atoms with Gasteiger partial charge in [0, 0.05) is 11.1 Å². The Balaban J connectivity index is 1.94. The molecule has 1 aromatic heterocycles. The molecule has 1 fully saturated rings. The van der Waals surface area contributed by atoms with E-state index in [4.69, 9.17) is 5.73 Å². The van der Waals surface area contributed by atoms with Crippen LogP contribution in [0.4, 0.5) is 0 Å². The van der Waals surface area contributed by atoms with E-state index in [0.29, 0.717) is 11.3 Å². The molecule has 2 aliphatic heterocycles. The Morgan fingerprint density at radius 2 is 2.35 bits per heavy atom. The predicted octanol–water partition coefficient (Wildman–Crippen LogP) is 0.737. The summed E-state index contributed by atoms with van der Waals surface area (Å²) >= 11 is 2.81. The average molecular weight is 309 g/mol. The van der Waals surface area contributed by atoms with Gasteiger partial charge in [-0.2, -0.15) is 4.37 Å². The first-order chi connectivity index (χ1) is 9.59. The highest BCUT2D eigenvalue weighted by Crippen LogP contribution is 2.39. The fraction of sp³-hybridized carbons (Fsp3) is 0.250. The molecule has 104 valence electrons. The summed E-state index contributed by atoms with van der Waals surface area (Å²) in [6, 6.07) is 1.24. The summed E-state index contributed by atoms with van der Waals surface area (Å²) in [5, 5.41) is 10.9. The van der Waals surface area contributed by atoms with Crippen molar-refractivity contribution in [3.05, 3.63) is 34.5 Å². The molecule has 1 aromatic rings. The molecule has 0 spiro atoms. The van der Waals surface area contributed by atoms with Gasteiger partial charge in [-0.15, -0.1) is 11.8 Å². The third-order valence-electron chi connectivity index (χ3n) is 3.15. The second kappa shape index (κ2) is 5.04. The van der Waals surface area contributed by atoms with Gasteiger partial charge >= 0.3 is 5.97 Å². The monoisotopic (exact) mass is 309 g/mol. The molecule has 0 unspecified atom stereocenters. The highest BCUT2D eigenvalue weighted by Gasteiger charge is 2.51. The Bertz CT molecular complexity index is 624. The lowest BCUT2D eigenvalue weighted by atomic mass is 10.0. The first-order valence-corrected chi connectivity index (χ1v) is 7.73. The lowest BCUT2D eigenvalue weighted by molar-refractivity contribution is -0.147. The maximum absolute atomic E-state index is 11.7. The number of carboxylic acids is 1. The van der Waals surface area contributed by atoms with Crippen LogP contribution in [0, 0.1) is 0 Å². The van der Waals surface area contributed by atoms with Gasteiger partial charge in [0.2, 0.25) is 5.91 Å². The Morgan fingerprint density at radius 1 is 1.55 bits per heavy atom. The average Bonchev–Trinajstić information content (AvgIpc) is 2.96. The van der Waals surface area contributed by atoms with Crippen LogP contribution in [0.5, 0.6) is 0 Å². The number of β-lactam (4-membered cyclic amide) rings is 1. The number of allylic oxidation sites excluding steroid dienone is 1. The quantitative estimate of drug-likeness (QED) is 0.799. The molecule has 20 heavy (non-hydrogen) atoms. The van der Waals surface area contributed by atoms with Crippen molar-refractivity contribution < 1.29 is 14.7 Å². The van der Waals surface area contributed by atoms with Gasteiger partial charge in [-0.25, -0.2) is 4.79 Å². The highest BCUT2D eigenvalue weighted by molar-refractivity contribution is 8.00. The lowest BCUT2D eigenvalue weighted by Crippen LogP contribution is -2.68. The molecular weight excluding hydrogens is 298 g/mol. The van der Waals surface area contributed by atoms with Crippen molar-refractivity contribution >= 4 is 41.2 Å². The molecule has 6 nitrogen and oxygen atoms in total. The minimum Gasteiger partial charge on any atom is -0.477 e. The van der Waals surface area contributed by atoms with Gasteiger partial charge < -0.3 is 10.8 Å². The number of carbonyl (C=O) groups excluding carboxylic acids is 1. The standard InChI is InChI=1S/C12H11N3O3S2/c13-8-10(16)15-9(12(17)18)6(5-19-11(8)15)1-2-7-3-4-20-14-7/h1-4,8,11H,5,13H2,(H,17,18)/t8-,11+/m1/s1. The smallest absolute Gasteiger partial charge is 0.352 e. The second-order valence-electron chi connectivity index (χ2n) is 4.37. The maximum Gasteiger partial charge on any atom is 0.352 e. The van der Waals surface area contributed by atoms with Crippen LogP contribution in [-0.4, -0.2) is 43.4 Å². The van der Waals surface area contributed by atoms with E-state index in [1.54, 1.807) is 12.2 Å². The van der Waals surface area contributed by atoms with Crippen molar-refractivity contribution in [3.8, 4) is 0 Å². The van der Waals surface area contributed by atoms with Crippen LogP contribution in [0.15, 0.2) is 28.8 Å². The summed E-state index contributed by atoms with van der Waals surface area (Å²) in [6.07, 6.45) is 3.46. The number of hydrogen-bond donors (Lipinski definition) is 2. The maximum atomic E-state index is 11.7. The van der Waals surface area contributed by atoms with Crippen molar-refractivity contribution in [1.82, 2.24) is 9.27 Å². The second-order valence-corrected chi connectivity index (χ2v) is 6.14. The van der Waals surface area contributed by atoms with E-state index < -0.39 is 12.0 Å². The molecule has 1 saturated heterocycles. The zero-order chi connectivity index (χ0) is 14.3. The number of carboxylic acid groups (broad SMARTS) is 1. The summed E-state index contributed by atoms with van der Waals surface area (Å²) in [7, 11) is 0. The van der Waals surface area contributed by atoms with E-state index in [1.165, 1.54) is 28.2 Å². The molecule has 2 aliphatic rings. The molecule has 0 radical (unpaired) electrons. The fourth-order valence-corrected chi connectivity index (χ4v) is 3.93. The summed E-state index contributed by atoms with van der Waals surface area (Å²) in [5.41, 5.74) is 7.09. The topological polar surface area (TPSA) is 96.5 Å². The molecule has 3 rings (SSSR count). The van der Waals surface area contributed by atoms with Crippen LogP contribution in [0.25, 0.3) is 6.08 Å². The van der Waals surface area contributed by atoms with E-state index in [2.05, 4.69) is 4.37 Å². The van der Waals surface area contributed by atoms with Gasteiger partial charge in [0.1, 0.15) is 17.1 Å². The van der Waals surface area contributed by atoms with Gasteiger partial charge in [0.25, 0.3) is 0 Å². The Morgan fingerprint density at radius 3 is 3.00 bits per heavy atom. The summed E-state index contributed by atoms with van der Waals surface area (Å²) < 4.78 is 4.12.